The van der Waals surface area contributed by atoms with Gasteiger partial charge < -0.3 is 10.4 Å². The van der Waals surface area contributed by atoms with Crippen molar-refractivity contribution in [3.63, 3.8) is 0 Å². The van der Waals surface area contributed by atoms with Gasteiger partial charge in [-0.25, -0.2) is 0 Å². The molecule has 1 aliphatic rings. The smallest absolute Gasteiger partial charge is 0.272 e. The molecule has 0 saturated heterocycles. The summed E-state index contributed by atoms with van der Waals surface area (Å²) >= 11 is 0. The van der Waals surface area contributed by atoms with Crippen molar-refractivity contribution in [2.75, 3.05) is 6.61 Å². The van der Waals surface area contributed by atoms with Gasteiger partial charge in [0.2, 0.25) is 0 Å². The maximum Gasteiger partial charge on any atom is 0.272 e. The van der Waals surface area contributed by atoms with Crippen LogP contribution in [0.5, 0.6) is 0 Å². The van der Waals surface area contributed by atoms with E-state index in [-0.39, 0.29) is 30.2 Å². The zero-order chi connectivity index (χ0) is 14.7. The van der Waals surface area contributed by atoms with Gasteiger partial charge in [-0.3, -0.25) is 14.9 Å². The second-order valence-corrected chi connectivity index (χ2v) is 4.90. The molecule has 2 atom stereocenters. The lowest BCUT2D eigenvalue weighted by Crippen LogP contribution is -2.32. The lowest BCUT2D eigenvalue weighted by atomic mass is 10.1. The summed E-state index contributed by atoms with van der Waals surface area (Å²) in [6.45, 7) is 1.67. The first-order valence-corrected chi connectivity index (χ1v) is 6.36. The highest BCUT2D eigenvalue weighted by molar-refractivity contribution is 5.95. The lowest BCUT2D eigenvalue weighted by molar-refractivity contribution is -0.385. The number of nitrogens with one attached hydrogen (secondary N) is 1. The summed E-state index contributed by atoms with van der Waals surface area (Å²) in [6.07, 6.45) is 4.41. The van der Waals surface area contributed by atoms with Gasteiger partial charge >= 0.3 is 0 Å². The van der Waals surface area contributed by atoms with Crippen LogP contribution in [0.4, 0.5) is 5.69 Å². The summed E-state index contributed by atoms with van der Waals surface area (Å²) in [5.41, 5.74) is 0.856. The number of nitrogens with zero attached hydrogens (tertiary/aromatic N) is 1. The first kappa shape index (κ1) is 14.2. The molecule has 0 bridgehead atoms. The van der Waals surface area contributed by atoms with Crippen molar-refractivity contribution in [2.45, 2.75) is 19.4 Å². The quantitative estimate of drug-likeness (QED) is 0.496. The van der Waals surface area contributed by atoms with E-state index >= 15 is 0 Å². The zero-order valence-electron chi connectivity index (χ0n) is 11.1. The van der Waals surface area contributed by atoms with Gasteiger partial charge in [0.1, 0.15) is 0 Å². The van der Waals surface area contributed by atoms with E-state index in [1.54, 1.807) is 6.92 Å². The number of nitro groups is 1. The van der Waals surface area contributed by atoms with Crippen LogP contribution in [0.15, 0.2) is 30.4 Å². The number of hydrogen-bond donors (Lipinski definition) is 2. The van der Waals surface area contributed by atoms with Crippen molar-refractivity contribution in [2.24, 2.45) is 5.92 Å². The van der Waals surface area contributed by atoms with Gasteiger partial charge in [-0.15, -0.1) is 0 Å². The van der Waals surface area contributed by atoms with E-state index in [2.05, 4.69) is 5.32 Å². The normalized spacial score (nSPS) is 20.9. The first-order valence-electron chi connectivity index (χ1n) is 6.36. The molecular formula is C14H16N2O4. The van der Waals surface area contributed by atoms with Crippen LogP contribution < -0.4 is 5.32 Å². The van der Waals surface area contributed by atoms with Gasteiger partial charge in [0.25, 0.3) is 11.6 Å². The van der Waals surface area contributed by atoms with Crippen molar-refractivity contribution in [3.8, 4) is 0 Å². The molecule has 0 saturated carbocycles. The number of aliphatic hydroxyl groups excluding tert-OH is 1. The molecule has 6 heteroatoms. The summed E-state index contributed by atoms with van der Waals surface area (Å²) in [5.74, 6) is -0.185. The van der Waals surface area contributed by atoms with E-state index in [0.29, 0.717) is 17.5 Å². The second kappa shape index (κ2) is 5.83. The van der Waals surface area contributed by atoms with Crippen LogP contribution in [0.2, 0.25) is 0 Å². The third-order valence-electron chi connectivity index (χ3n) is 3.38. The number of hydrogen-bond acceptors (Lipinski definition) is 4. The minimum absolute atomic E-state index is 0.00246. The van der Waals surface area contributed by atoms with E-state index in [1.807, 2.05) is 12.2 Å². The van der Waals surface area contributed by atoms with Gasteiger partial charge in [-0.2, -0.15) is 0 Å². The van der Waals surface area contributed by atoms with Crippen LogP contribution in [0.3, 0.4) is 0 Å². The van der Waals surface area contributed by atoms with Crippen LogP contribution in [-0.2, 0) is 0 Å². The summed E-state index contributed by atoms with van der Waals surface area (Å²) in [6, 6.07) is 4.19. The summed E-state index contributed by atoms with van der Waals surface area (Å²) in [4.78, 5) is 22.3. The maximum absolute atomic E-state index is 12.1. The maximum atomic E-state index is 12.1. The largest absolute Gasteiger partial charge is 0.396 e. The molecular weight excluding hydrogens is 260 g/mol. The number of amides is 1. The number of aliphatic hydroxyl groups is 1. The molecule has 0 spiro atoms. The Morgan fingerprint density at radius 1 is 1.50 bits per heavy atom. The molecule has 6 nitrogen and oxygen atoms in total. The molecule has 2 N–H and O–H groups in total. The monoisotopic (exact) mass is 276 g/mol. The summed E-state index contributed by atoms with van der Waals surface area (Å²) in [5, 5.41) is 22.6. The Bertz CT molecular complexity index is 568. The van der Waals surface area contributed by atoms with Crippen molar-refractivity contribution >= 4 is 11.6 Å². The fourth-order valence-corrected chi connectivity index (χ4v) is 2.27. The Labute approximate surface area is 116 Å². The first-order chi connectivity index (χ1) is 9.51. The third kappa shape index (κ3) is 3.03. The molecule has 20 heavy (non-hydrogen) atoms. The number of carbonyl (C=O) groups excluding carboxylic acids is 1. The van der Waals surface area contributed by atoms with Crippen LogP contribution in [0.1, 0.15) is 22.3 Å². The Kier molecular flexibility index (Phi) is 4.14. The third-order valence-corrected chi connectivity index (χ3v) is 3.38. The molecule has 0 unspecified atom stereocenters. The minimum Gasteiger partial charge on any atom is -0.396 e. The molecule has 0 fully saturated rings. The second-order valence-electron chi connectivity index (χ2n) is 4.90. The number of rotatable bonds is 4. The Morgan fingerprint density at radius 2 is 2.25 bits per heavy atom. The molecule has 2 rings (SSSR count). The van der Waals surface area contributed by atoms with Gasteiger partial charge in [-0.1, -0.05) is 12.2 Å². The van der Waals surface area contributed by atoms with Crippen molar-refractivity contribution in [1.29, 1.82) is 0 Å². The molecule has 0 aromatic heterocycles. The average molecular weight is 276 g/mol. The van der Waals surface area contributed by atoms with Crippen molar-refractivity contribution in [3.05, 3.63) is 51.6 Å². The number of carbonyl (C=O) groups is 1. The van der Waals surface area contributed by atoms with Gasteiger partial charge in [-0.05, 0) is 25.5 Å². The molecule has 1 aromatic carbocycles. The fourth-order valence-electron chi connectivity index (χ4n) is 2.27. The predicted octanol–water partition coefficient (Wildman–Crippen LogP) is 1.57. The number of nitro benzene ring substituents is 1. The van der Waals surface area contributed by atoms with Gasteiger partial charge in [0, 0.05) is 35.8 Å². The van der Waals surface area contributed by atoms with E-state index < -0.39 is 4.92 Å². The van der Waals surface area contributed by atoms with E-state index in [9.17, 15) is 14.9 Å². The Balaban J connectivity index is 2.05. The number of aryl methyl sites for hydroxylation is 1. The number of benzene rings is 1. The summed E-state index contributed by atoms with van der Waals surface area (Å²) < 4.78 is 0. The molecule has 0 heterocycles. The fraction of sp³-hybridized carbons (Fsp3) is 0.357. The highest BCUT2D eigenvalue weighted by Gasteiger charge is 2.21. The summed E-state index contributed by atoms with van der Waals surface area (Å²) in [7, 11) is 0. The molecule has 0 radical (unpaired) electrons. The average Bonchev–Trinajstić information content (AvgIpc) is 2.85. The van der Waals surface area contributed by atoms with E-state index in [1.165, 1.54) is 18.2 Å². The topological polar surface area (TPSA) is 92.5 Å². The molecule has 106 valence electrons. The Morgan fingerprint density at radius 3 is 2.80 bits per heavy atom. The Hall–Kier alpha value is -2.21. The van der Waals surface area contributed by atoms with Crippen LogP contribution in [-0.4, -0.2) is 28.6 Å². The standard InChI is InChI=1S/C14H16N2O4/c1-9-6-11(3-5-13(9)16(19)20)14(18)15-12-4-2-10(7-12)8-17/h2-6,10,12,17H,7-8H2,1H3,(H,15,18)/t10-,12+/m0/s1. The molecule has 1 aliphatic carbocycles. The van der Waals surface area contributed by atoms with Crippen molar-refractivity contribution < 1.29 is 14.8 Å². The lowest BCUT2D eigenvalue weighted by Gasteiger charge is -2.13. The van der Waals surface area contributed by atoms with E-state index in [4.69, 9.17) is 5.11 Å². The van der Waals surface area contributed by atoms with Crippen LogP contribution in [0, 0.1) is 23.0 Å². The van der Waals surface area contributed by atoms with E-state index in [0.717, 1.165) is 0 Å². The SMILES string of the molecule is Cc1cc(C(=O)N[C@@H]2C=C[C@H](CO)C2)ccc1[N+](=O)[O-]. The van der Waals surface area contributed by atoms with Crippen LogP contribution >= 0.6 is 0 Å². The minimum atomic E-state index is -0.470. The van der Waals surface area contributed by atoms with Gasteiger partial charge in [0.15, 0.2) is 0 Å². The highest BCUT2D eigenvalue weighted by atomic mass is 16.6. The van der Waals surface area contributed by atoms with Crippen molar-refractivity contribution in [1.82, 2.24) is 5.32 Å². The van der Waals surface area contributed by atoms with Crippen LogP contribution in [0.25, 0.3) is 0 Å². The predicted molar refractivity (Wildman–Crippen MR) is 73.4 cm³/mol. The highest BCUT2D eigenvalue weighted by Crippen LogP contribution is 2.20. The molecule has 0 aliphatic heterocycles. The molecule has 1 amide bonds. The van der Waals surface area contributed by atoms with Gasteiger partial charge in [0.05, 0.1) is 4.92 Å². The molecule has 1 aromatic rings. The zero-order valence-corrected chi connectivity index (χ0v) is 11.1.